The fraction of sp³-hybridized carbons (Fsp3) is 0.500. The third-order valence-corrected chi connectivity index (χ3v) is 3.51. The number of fused-ring (bicyclic) bond motifs is 1. The zero-order chi connectivity index (χ0) is 14.7. The number of benzene rings is 1. The molecule has 1 fully saturated rings. The van der Waals surface area contributed by atoms with Crippen molar-refractivity contribution in [1.29, 1.82) is 0 Å². The van der Waals surface area contributed by atoms with Crippen molar-refractivity contribution in [1.82, 2.24) is 0 Å². The average molecular weight is 288 g/mol. The van der Waals surface area contributed by atoms with E-state index in [9.17, 15) is 13.2 Å². The fourth-order valence-electron chi connectivity index (χ4n) is 2.06. The lowest BCUT2D eigenvalue weighted by atomic mass is 9.78. The minimum absolute atomic E-state index is 0.00229. The van der Waals surface area contributed by atoms with Crippen LogP contribution in [-0.2, 0) is 9.31 Å². The van der Waals surface area contributed by atoms with E-state index >= 15 is 0 Å². The Labute approximate surface area is 113 Å². The van der Waals surface area contributed by atoms with E-state index in [4.69, 9.17) is 9.31 Å². The van der Waals surface area contributed by atoms with Gasteiger partial charge in [0.2, 0.25) is 5.75 Å². The Hall–Kier alpha value is -1.41. The van der Waals surface area contributed by atoms with E-state index < -0.39 is 30.6 Å². The van der Waals surface area contributed by atoms with E-state index in [1.807, 2.05) is 0 Å². The molecule has 0 aromatic heterocycles. The van der Waals surface area contributed by atoms with Gasteiger partial charge >= 0.3 is 13.4 Å². The molecular formula is C12H12BF3O4. The summed E-state index contributed by atoms with van der Waals surface area (Å²) in [5.41, 5.74) is -0.597. The molecule has 3 rings (SSSR count). The number of halogens is 3. The summed E-state index contributed by atoms with van der Waals surface area (Å²) in [4.78, 5) is 0. The van der Waals surface area contributed by atoms with E-state index in [0.717, 1.165) is 0 Å². The van der Waals surface area contributed by atoms with E-state index in [-0.39, 0.29) is 17.3 Å². The van der Waals surface area contributed by atoms with Crippen LogP contribution in [0.1, 0.15) is 20.8 Å². The highest BCUT2D eigenvalue weighted by molar-refractivity contribution is 6.62. The highest BCUT2D eigenvalue weighted by atomic mass is 19.3. The first-order chi connectivity index (χ1) is 9.20. The Kier molecular flexibility index (Phi) is 2.75. The van der Waals surface area contributed by atoms with Crippen LogP contribution >= 0.6 is 0 Å². The molecule has 0 aliphatic carbocycles. The van der Waals surface area contributed by atoms with Gasteiger partial charge in [-0.3, -0.25) is 0 Å². The molecule has 0 amide bonds. The van der Waals surface area contributed by atoms with Crippen molar-refractivity contribution < 1.29 is 32.0 Å². The summed E-state index contributed by atoms with van der Waals surface area (Å²) in [6.07, 6.45) is -4.12. The summed E-state index contributed by atoms with van der Waals surface area (Å²) in [5, 5.41) is 0. The van der Waals surface area contributed by atoms with E-state index in [2.05, 4.69) is 9.47 Å². The van der Waals surface area contributed by atoms with Crippen molar-refractivity contribution in [2.24, 2.45) is 0 Å². The zero-order valence-electron chi connectivity index (χ0n) is 11.1. The molecule has 108 valence electrons. The Balaban J connectivity index is 1.95. The van der Waals surface area contributed by atoms with Crippen molar-refractivity contribution in [3.63, 3.8) is 0 Å². The van der Waals surface area contributed by atoms with Gasteiger partial charge in [-0.05, 0) is 26.8 Å². The molecule has 0 bridgehead atoms. The summed E-state index contributed by atoms with van der Waals surface area (Å²) >= 11 is 0. The molecule has 1 atom stereocenters. The maximum absolute atomic E-state index is 14.2. The van der Waals surface area contributed by atoms with Gasteiger partial charge in [0, 0.05) is 5.46 Å². The molecule has 1 aromatic carbocycles. The normalized spacial score (nSPS) is 26.1. The van der Waals surface area contributed by atoms with Gasteiger partial charge in [-0.25, -0.2) is 4.39 Å². The van der Waals surface area contributed by atoms with Crippen molar-refractivity contribution >= 4 is 12.6 Å². The molecule has 1 aromatic rings. The van der Waals surface area contributed by atoms with Gasteiger partial charge in [0.05, 0.1) is 11.7 Å². The molecule has 2 aliphatic rings. The highest BCUT2D eigenvalue weighted by Crippen LogP contribution is 2.42. The topological polar surface area (TPSA) is 36.9 Å². The van der Waals surface area contributed by atoms with Crippen LogP contribution in [0.2, 0.25) is 0 Å². The second-order valence-corrected chi connectivity index (χ2v) is 5.30. The molecule has 0 saturated carbocycles. The summed E-state index contributed by atoms with van der Waals surface area (Å²) in [6.45, 7) is 5.40. The molecule has 0 N–H and O–H groups in total. The zero-order valence-corrected chi connectivity index (χ0v) is 11.1. The van der Waals surface area contributed by atoms with Crippen LogP contribution in [0.5, 0.6) is 11.5 Å². The van der Waals surface area contributed by atoms with Crippen LogP contribution in [0, 0.1) is 5.82 Å². The number of alkyl halides is 2. The van der Waals surface area contributed by atoms with E-state index in [0.29, 0.717) is 0 Å². The summed E-state index contributed by atoms with van der Waals surface area (Å²) < 4.78 is 59.6. The average Bonchev–Trinajstić information content (AvgIpc) is 2.76. The number of hydrogen-bond acceptors (Lipinski definition) is 4. The summed E-state index contributed by atoms with van der Waals surface area (Å²) in [5.74, 6) is -1.94. The van der Waals surface area contributed by atoms with Gasteiger partial charge in [-0.2, -0.15) is 0 Å². The second-order valence-electron chi connectivity index (χ2n) is 5.30. The van der Waals surface area contributed by atoms with Gasteiger partial charge in [-0.15, -0.1) is 8.78 Å². The minimum atomic E-state index is -3.86. The predicted octanol–water partition coefficient (Wildman–Crippen LogP) is 2.06. The quantitative estimate of drug-likeness (QED) is 0.741. The lowest BCUT2D eigenvalue weighted by Gasteiger charge is -2.21. The minimum Gasteiger partial charge on any atom is -0.402 e. The molecule has 2 heterocycles. The molecule has 0 radical (unpaired) electrons. The molecule has 2 aliphatic heterocycles. The van der Waals surface area contributed by atoms with Crippen LogP contribution in [-0.4, -0.2) is 25.1 Å². The fourth-order valence-corrected chi connectivity index (χ4v) is 2.06. The van der Waals surface area contributed by atoms with Gasteiger partial charge in [0.25, 0.3) is 0 Å². The Morgan fingerprint density at radius 1 is 1.20 bits per heavy atom. The number of rotatable bonds is 1. The van der Waals surface area contributed by atoms with Gasteiger partial charge < -0.3 is 18.8 Å². The lowest BCUT2D eigenvalue weighted by Crippen LogP contribution is -2.36. The molecule has 20 heavy (non-hydrogen) atoms. The monoisotopic (exact) mass is 288 g/mol. The molecule has 1 unspecified atom stereocenters. The van der Waals surface area contributed by atoms with Crippen LogP contribution < -0.4 is 14.9 Å². The third kappa shape index (κ3) is 2.03. The maximum atomic E-state index is 14.2. The van der Waals surface area contributed by atoms with Crippen molar-refractivity contribution in [2.45, 2.75) is 38.8 Å². The standard InChI is InChI=1S/C12H12BF3O4/c1-6-11(2,3)20-13(19-6)7-4-5-8-10(9(7)14)18-12(15,16)17-8/h4-6H,1-3H3. The smallest absolute Gasteiger partial charge is 0.402 e. The molecular weight excluding hydrogens is 276 g/mol. The first kappa shape index (κ1) is 13.6. The summed E-state index contributed by atoms with van der Waals surface area (Å²) in [7, 11) is -0.969. The first-order valence-electron chi connectivity index (χ1n) is 6.11. The second kappa shape index (κ2) is 4.05. The van der Waals surface area contributed by atoms with Crippen molar-refractivity contribution in [2.75, 3.05) is 0 Å². The largest absolute Gasteiger partial charge is 0.586 e. The Morgan fingerprint density at radius 2 is 1.90 bits per heavy atom. The Bertz CT molecular complexity index is 564. The van der Waals surface area contributed by atoms with Crippen LogP contribution in [0.4, 0.5) is 13.2 Å². The lowest BCUT2D eigenvalue weighted by molar-refractivity contribution is -0.287. The maximum Gasteiger partial charge on any atom is 0.586 e. The van der Waals surface area contributed by atoms with Crippen LogP contribution in [0.3, 0.4) is 0 Å². The van der Waals surface area contributed by atoms with Gasteiger partial charge in [0.1, 0.15) is 0 Å². The summed E-state index contributed by atoms with van der Waals surface area (Å²) in [6, 6.07) is 2.50. The third-order valence-electron chi connectivity index (χ3n) is 3.51. The van der Waals surface area contributed by atoms with E-state index in [1.165, 1.54) is 12.1 Å². The van der Waals surface area contributed by atoms with Crippen LogP contribution in [0.15, 0.2) is 12.1 Å². The highest BCUT2D eigenvalue weighted by Gasteiger charge is 2.49. The number of ether oxygens (including phenoxy) is 2. The predicted molar refractivity (Wildman–Crippen MR) is 63.7 cm³/mol. The number of hydrogen-bond donors (Lipinski definition) is 0. The molecule has 4 nitrogen and oxygen atoms in total. The van der Waals surface area contributed by atoms with Crippen molar-refractivity contribution in [3.05, 3.63) is 17.9 Å². The van der Waals surface area contributed by atoms with Crippen molar-refractivity contribution in [3.8, 4) is 11.5 Å². The Morgan fingerprint density at radius 3 is 2.50 bits per heavy atom. The first-order valence-corrected chi connectivity index (χ1v) is 6.11. The van der Waals surface area contributed by atoms with Gasteiger partial charge in [-0.1, -0.05) is 6.07 Å². The SMILES string of the molecule is CC1OB(c2ccc3c(c2F)OC(F)(F)O3)OC1(C)C. The molecule has 1 saturated heterocycles. The van der Waals surface area contributed by atoms with Gasteiger partial charge in [0.15, 0.2) is 11.6 Å². The van der Waals surface area contributed by atoms with E-state index in [1.54, 1.807) is 20.8 Å². The molecule has 8 heteroatoms. The molecule has 0 spiro atoms. The van der Waals surface area contributed by atoms with Crippen LogP contribution in [0.25, 0.3) is 0 Å².